The number of nitrogens with zero attached hydrogens (tertiary/aromatic N) is 1. The highest BCUT2D eigenvalue weighted by atomic mass is 16.5. The van der Waals surface area contributed by atoms with Crippen molar-refractivity contribution >= 4 is 17.8 Å². The average molecular weight is 316 g/mol. The Morgan fingerprint density at radius 3 is 2.39 bits per heavy atom. The molecular weight excluding hydrogens is 296 g/mol. The summed E-state index contributed by atoms with van der Waals surface area (Å²) in [5.41, 5.74) is 0.770. The molecule has 6 nitrogen and oxygen atoms in total. The van der Waals surface area contributed by atoms with Crippen molar-refractivity contribution in [3.05, 3.63) is 35.4 Å². The predicted molar refractivity (Wildman–Crippen MR) is 82.2 cm³/mol. The Bertz CT molecular complexity index is 684. The minimum absolute atomic E-state index is 0.259. The number of hydrogen-bond donors (Lipinski definition) is 1. The standard InChI is InChI=1S/C17H20N2O4/c1-9-5-7-10(8-6-9)13-11-12(15(21)19(3)14(11)20)17(2,18-13)16(22)23-4/h5-8,11-13,18H,1-4H3/t11-,12-,13+,17-/m0/s1. The largest absolute Gasteiger partial charge is 0.468 e. The molecule has 0 bridgehead atoms. The van der Waals surface area contributed by atoms with Gasteiger partial charge in [-0.2, -0.15) is 0 Å². The van der Waals surface area contributed by atoms with Crippen LogP contribution in [0.2, 0.25) is 0 Å². The molecule has 2 saturated heterocycles. The van der Waals surface area contributed by atoms with Gasteiger partial charge in [-0.1, -0.05) is 29.8 Å². The number of esters is 1. The maximum absolute atomic E-state index is 12.6. The summed E-state index contributed by atoms with van der Waals surface area (Å²) in [5, 5.41) is 3.19. The maximum Gasteiger partial charge on any atom is 0.326 e. The minimum atomic E-state index is -1.22. The molecule has 6 heteroatoms. The second-order valence-corrected chi connectivity index (χ2v) is 6.47. The first kappa shape index (κ1) is 15.7. The molecule has 1 aromatic carbocycles. The third-order valence-electron chi connectivity index (χ3n) is 5.05. The Morgan fingerprint density at radius 1 is 1.22 bits per heavy atom. The number of likely N-dealkylation sites (tertiary alicyclic amines) is 1. The zero-order chi connectivity index (χ0) is 16.9. The molecule has 122 valence electrons. The SMILES string of the molecule is COC(=O)[C@@]1(C)N[C@H](c2ccc(C)cc2)[C@H]2C(=O)N(C)C(=O)[C@H]21. The molecule has 2 aliphatic rings. The van der Waals surface area contributed by atoms with Crippen molar-refractivity contribution in [1.29, 1.82) is 0 Å². The molecule has 0 aliphatic carbocycles. The van der Waals surface area contributed by atoms with Crippen LogP contribution in [0.4, 0.5) is 0 Å². The van der Waals surface area contributed by atoms with E-state index in [2.05, 4.69) is 5.32 Å². The summed E-state index contributed by atoms with van der Waals surface area (Å²) >= 11 is 0. The Labute approximate surface area is 134 Å². The molecule has 1 aromatic rings. The number of carbonyl (C=O) groups excluding carboxylic acids is 3. The van der Waals surface area contributed by atoms with E-state index < -0.39 is 29.4 Å². The zero-order valence-electron chi connectivity index (χ0n) is 13.6. The Balaban J connectivity index is 2.09. The summed E-state index contributed by atoms with van der Waals surface area (Å²) in [6, 6.07) is 7.34. The van der Waals surface area contributed by atoms with Gasteiger partial charge >= 0.3 is 5.97 Å². The molecule has 0 radical (unpaired) electrons. The summed E-state index contributed by atoms with van der Waals surface area (Å²) in [6.07, 6.45) is 0. The predicted octanol–water partition coefficient (Wildman–Crippen LogP) is 0.802. The molecule has 0 spiro atoms. The van der Waals surface area contributed by atoms with Gasteiger partial charge < -0.3 is 4.74 Å². The number of rotatable bonds is 2. The first-order chi connectivity index (χ1) is 10.8. The van der Waals surface area contributed by atoms with Crippen LogP contribution in [0.25, 0.3) is 0 Å². The number of aryl methyl sites for hydroxylation is 1. The van der Waals surface area contributed by atoms with Gasteiger partial charge in [-0.25, -0.2) is 0 Å². The highest BCUT2D eigenvalue weighted by molar-refractivity contribution is 6.09. The summed E-state index contributed by atoms with van der Waals surface area (Å²) < 4.78 is 4.88. The molecular formula is C17H20N2O4. The number of imide groups is 1. The lowest BCUT2D eigenvalue weighted by Gasteiger charge is -2.27. The van der Waals surface area contributed by atoms with Crippen LogP contribution >= 0.6 is 0 Å². The number of benzene rings is 1. The van der Waals surface area contributed by atoms with Gasteiger partial charge in [0.1, 0.15) is 5.54 Å². The fourth-order valence-electron chi connectivity index (χ4n) is 3.74. The molecule has 23 heavy (non-hydrogen) atoms. The van der Waals surface area contributed by atoms with Gasteiger partial charge in [-0.3, -0.25) is 24.6 Å². The number of ether oxygens (including phenoxy) is 1. The van der Waals surface area contributed by atoms with E-state index in [1.54, 1.807) is 6.92 Å². The summed E-state index contributed by atoms with van der Waals surface area (Å²) in [4.78, 5) is 38.5. The lowest BCUT2D eigenvalue weighted by Crippen LogP contribution is -2.53. The average Bonchev–Trinajstić information content (AvgIpc) is 2.97. The second-order valence-electron chi connectivity index (χ2n) is 6.47. The van der Waals surface area contributed by atoms with Gasteiger partial charge in [0.15, 0.2) is 0 Å². The van der Waals surface area contributed by atoms with Gasteiger partial charge in [-0.05, 0) is 19.4 Å². The zero-order valence-corrected chi connectivity index (χ0v) is 13.6. The van der Waals surface area contributed by atoms with Gasteiger partial charge in [0, 0.05) is 13.1 Å². The quantitative estimate of drug-likeness (QED) is 0.645. The normalized spacial score (nSPS) is 33.0. The monoisotopic (exact) mass is 316 g/mol. The van der Waals surface area contributed by atoms with Crippen LogP contribution in [0.15, 0.2) is 24.3 Å². The van der Waals surface area contributed by atoms with Crippen molar-refractivity contribution in [1.82, 2.24) is 10.2 Å². The van der Waals surface area contributed by atoms with Crippen molar-refractivity contribution in [2.24, 2.45) is 11.8 Å². The van der Waals surface area contributed by atoms with Crippen molar-refractivity contribution < 1.29 is 19.1 Å². The second kappa shape index (κ2) is 5.16. The number of amides is 2. The molecule has 4 atom stereocenters. The third kappa shape index (κ3) is 2.09. The van der Waals surface area contributed by atoms with E-state index in [1.165, 1.54) is 14.2 Å². The topological polar surface area (TPSA) is 75.7 Å². The maximum atomic E-state index is 12.6. The minimum Gasteiger partial charge on any atom is -0.468 e. The Morgan fingerprint density at radius 2 is 1.83 bits per heavy atom. The van der Waals surface area contributed by atoms with Crippen molar-refractivity contribution in [3.63, 3.8) is 0 Å². The van der Waals surface area contributed by atoms with Gasteiger partial charge in [-0.15, -0.1) is 0 Å². The highest BCUT2D eigenvalue weighted by Gasteiger charge is 2.66. The van der Waals surface area contributed by atoms with E-state index in [1.807, 2.05) is 31.2 Å². The van der Waals surface area contributed by atoms with E-state index in [9.17, 15) is 14.4 Å². The molecule has 2 heterocycles. The van der Waals surface area contributed by atoms with E-state index in [0.717, 1.165) is 16.0 Å². The lowest BCUT2D eigenvalue weighted by atomic mass is 9.80. The Hall–Kier alpha value is -2.21. The number of carbonyl (C=O) groups is 3. The van der Waals surface area contributed by atoms with E-state index in [4.69, 9.17) is 4.74 Å². The van der Waals surface area contributed by atoms with E-state index in [-0.39, 0.29) is 11.8 Å². The first-order valence-electron chi connectivity index (χ1n) is 7.55. The number of methoxy groups -OCH3 is 1. The van der Waals surface area contributed by atoms with Gasteiger partial charge in [0.05, 0.1) is 18.9 Å². The summed E-state index contributed by atoms with van der Waals surface area (Å²) in [7, 11) is 2.75. The van der Waals surface area contributed by atoms with Crippen molar-refractivity contribution in [2.45, 2.75) is 25.4 Å². The molecule has 2 fully saturated rings. The fraction of sp³-hybridized carbons (Fsp3) is 0.471. The van der Waals surface area contributed by atoms with Crippen molar-refractivity contribution in [3.8, 4) is 0 Å². The molecule has 2 aliphatic heterocycles. The van der Waals surface area contributed by atoms with E-state index >= 15 is 0 Å². The van der Waals surface area contributed by atoms with Crippen molar-refractivity contribution in [2.75, 3.05) is 14.2 Å². The van der Waals surface area contributed by atoms with Crippen LogP contribution in [0, 0.1) is 18.8 Å². The number of nitrogens with one attached hydrogen (secondary N) is 1. The van der Waals surface area contributed by atoms with Crippen LogP contribution in [-0.2, 0) is 19.1 Å². The molecule has 1 N–H and O–H groups in total. The first-order valence-corrected chi connectivity index (χ1v) is 7.55. The molecule has 2 amide bonds. The van der Waals surface area contributed by atoms with Crippen LogP contribution in [0.5, 0.6) is 0 Å². The fourth-order valence-corrected chi connectivity index (χ4v) is 3.74. The number of fused-ring (bicyclic) bond motifs is 1. The molecule has 0 aromatic heterocycles. The van der Waals surface area contributed by atoms with Crippen LogP contribution < -0.4 is 5.32 Å². The lowest BCUT2D eigenvalue weighted by molar-refractivity contribution is -0.152. The smallest absolute Gasteiger partial charge is 0.326 e. The Kier molecular flexibility index (Phi) is 3.52. The molecule has 0 unspecified atom stereocenters. The third-order valence-corrected chi connectivity index (χ3v) is 5.05. The van der Waals surface area contributed by atoms with Crippen LogP contribution in [0.3, 0.4) is 0 Å². The molecule has 0 saturated carbocycles. The highest BCUT2D eigenvalue weighted by Crippen LogP contribution is 2.48. The van der Waals surface area contributed by atoms with Gasteiger partial charge in [0.25, 0.3) is 0 Å². The molecule has 3 rings (SSSR count). The number of hydrogen-bond acceptors (Lipinski definition) is 5. The summed E-state index contributed by atoms with van der Waals surface area (Å²) in [5.74, 6) is -2.47. The van der Waals surface area contributed by atoms with Crippen LogP contribution in [0.1, 0.15) is 24.1 Å². The van der Waals surface area contributed by atoms with E-state index in [0.29, 0.717) is 0 Å². The summed E-state index contributed by atoms with van der Waals surface area (Å²) in [6.45, 7) is 3.61. The van der Waals surface area contributed by atoms with Crippen LogP contribution in [-0.4, -0.2) is 42.4 Å². The van der Waals surface area contributed by atoms with Gasteiger partial charge in [0.2, 0.25) is 11.8 Å².